The molecule has 1 N–H and O–H groups in total. The maximum absolute atomic E-state index is 5.70. The average molecular weight is 350 g/mol. The van der Waals surface area contributed by atoms with E-state index in [9.17, 15) is 0 Å². The predicted molar refractivity (Wildman–Crippen MR) is 89.0 cm³/mol. The van der Waals surface area contributed by atoms with Crippen molar-refractivity contribution < 1.29 is 9.47 Å². The van der Waals surface area contributed by atoms with Gasteiger partial charge < -0.3 is 14.8 Å². The van der Waals surface area contributed by atoms with Crippen LogP contribution in [0.15, 0.2) is 53.0 Å². The van der Waals surface area contributed by atoms with Crippen LogP contribution in [0.2, 0.25) is 0 Å². The highest BCUT2D eigenvalue weighted by Crippen LogP contribution is 2.19. The van der Waals surface area contributed by atoms with E-state index in [1.807, 2.05) is 42.5 Å². The normalized spacial score (nSPS) is 12.0. The lowest BCUT2D eigenvalue weighted by Crippen LogP contribution is -2.24. The van der Waals surface area contributed by atoms with E-state index in [1.165, 1.54) is 5.56 Å². The van der Waals surface area contributed by atoms with Gasteiger partial charge in [0.1, 0.15) is 18.1 Å². The lowest BCUT2D eigenvalue weighted by Gasteiger charge is -2.15. The summed E-state index contributed by atoms with van der Waals surface area (Å²) in [5, 5.41) is 3.44. The van der Waals surface area contributed by atoms with E-state index >= 15 is 0 Å². The molecule has 0 amide bonds. The second kappa shape index (κ2) is 8.05. The van der Waals surface area contributed by atoms with Gasteiger partial charge in [-0.3, -0.25) is 0 Å². The zero-order chi connectivity index (χ0) is 15.1. The Morgan fingerprint density at radius 3 is 2.62 bits per heavy atom. The molecule has 0 saturated heterocycles. The largest absolute Gasteiger partial charge is 0.497 e. The molecule has 3 nitrogen and oxygen atoms in total. The van der Waals surface area contributed by atoms with Crippen molar-refractivity contribution in [3.8, 4) is 11.5 Å². The first-order chi connectivity index (χ1) is 10.2. The summed E-state index contributed by atoms with van der Waals surface area (Å²) >= 11 is 3.43. The van der Waals surface area contributed by atoms with Crippen LogP contribution in [0.5, 0.6) is 11.5 Å². The third kappa shape index (κ3) is 5.06. The summed E-state index contributed by atoms with van der Waals surface area (Å²) in [6, 6.07) is 16.2. The topological polar surface area (TPSA) is 30.5 Å². The highest BCUT2D eigenvalue weighted by molar-refractivity contribution is 9.10. The molecule has 2 aromatic carbocycles. The van der Waals surface area contributed by atoms with Crippen LogP contribution in [0.4, 0.5) is 0 Å². The highest BCUT2D eigenvalue weighted by atomic mass is 79.9. The van der Waals surface area contributed by atoms with E-state index in [0.717, 1.165) is 22.5 Å². The maximum atomic E-state index is 5.70. The summed E-state index contributed by atoms with van der Waals surface area (Å²) in [6.45, 7) is 3.55. The molecule has 0 heterocycles. The molecule has 0 unspecified atom stereocenters. The SMILES string of the molecule is COc1cccc([C@H](C)NCCOc2cccc(Br)c2)c1. The maximum Gasteiger partial charge on any atom is 0.120 e. The molecule has 2 aromatic rings. The summed E-state index contributed by atoms with van der Waals surface area (Å²) in [7, 11) is 1.68. The zero-order valence-electron chi connectivity index (χ0n) is 12.3. The number of ether oxygens (including phenoxy) is 2. The molecule has 0 radical (unpaired) electrons. The molecule has 4 heteroatoms. The van der Waals surface area contributed by atoms with E-state index < -0.39 is 0 Å². The minimum absolute atomic E-state index is 0.256. The van der Waals surface area contributed by atoms with Crippen molar-refractivity contribution in [2.75, 3.05) is 20.3 Å². The van der Waals surface area contributed by atoms with Gasteiger partial charge >= 0.3 is 0 Å². The third-order valence-electron chi connectivity index (χ3n) is 3.21. The van der Waals surface area contributed by atoms with Crippen LogP contribution in [-0.2, 0) is 0 Å². The van der Waals surface area contributed by atoms with Crippen molar-refractivity contribution in [3.05, 3.63) is 58.6 Å². The standard InChI is InChI=1S/C17H20BrNO2/c1-13(14-5-3-7-16(11-14)20-2)19-9-10-21-17-8-4-6-15(18)12-17/h3-8,11-13,19H,9-10H2,1-2H3/t13-/m0/s1. The minimum Gasteiger partial charge on any atom is -0.497 e. The molecule has 2 rings (SSSR count). The molecule has 0 aromatic heterocycles. The summed E-state index contributed by atoms with van der Waals surface area (Å²) in [5.74, 6) is 1.76. The summed E-state index contributed by atoms with van der Waals surface area (Å²) < 4.78 is 12.0. The van der Waals surface area contributed by atoms with Gasteiger partial charge in [-0.1, -0.05) is 34.1 Å². The van der Waals surface area contributed by atoms with Crippen LogP contribution in [0.25, 0.3) is 0 Å². The summed E-state index contributed by atoms with van der Waals surface area (Å²) in [5.41, 5.74) is 1.21. The molecule has 0 aliphatic carbocycles. The molecule has 0 fully saturated rings. The van der Waals surface area contributed by atoms with Gasteiger partial charge in [0.05, 0.1) is 7.11 Å². The van der Waals surface area contributed by atoms with Crippen molar-refractivity contribution in [2.45, 2.75) is 13.0 Å². The van der Waals surface area contributed by atoms with Gasteiger partial charge in [0, 0.05) is 17.1 Å². The Kier molecular flexibility index (Phi) is 6.08. The predicted octanol–water partition coefficient (Wildman–Crippen LogP) is 4.19. The molecule has 112 valence electrons. The van der Waals surface area contributed by atoms with E-state index in [0.29, 0.717) is 6.61 Å². The quantitative estimate of drug-likeness (QED) is 0.760. The fourth-order valence-corrected chi connectivity index (χ4v) is 2.41. The van der Waals surface area contributed by atoms with E-state index in [2.05, 4.69) is 34.2 Å². The van der Waals surface area contributed by atoms with Crippen molar-refractivity contribution in [1.82, 2.24) is 5.32 Å². The average Bonchev–Trinajstić information content (AvgIpc) is 2.51. The second-order valence-electron chi connectivity index (χ2n) is 4.76. The third-order valence-corrected chi connectivity index (χ3v) is 3.70. The number of methoxy groups -OCH3 is 1. The summed E-state index contributed by atoms with van der Waals surface area (Å²) in [6.07, 6.45) is 0. The second-order valence-corrected chi connectivity index (χ2v) is 5.67. The van der Waals surface area contributed by atoms with Gasteiger partial charge in [0.15, 0.2) is 0 Å². The number of nitrogens with one attached hydrogen (secondary N) is 1. The van der Waals surface area contributed by atoms with Crippen molar-refractivity contribution in [2.24, 2.45) is 0 Å². The van der Waals surface area contributed by atoms with Crippen molar-refractivity contribution in [3.63, 3.8) is 0 Å². The van der Waals surface area contributed by atoms with Gasteiger partial charge in [-0.25, -0.2) is 0 Å². The fraction of sp³-hybridized carbons (Fsp3) is 0.294. The van der Waals surface area contributed by atoms with Gasteiger partial charge in [-0.05, 0) is 42.8 Å². The first-order valence-corrected chi connectivity index (χ1v) is 7.74. The van der Waals surface area contributed by atoms with E-state index in [4.69, 9.17) is 9.47 Å². The number of halogens is 1. The Morgan fingerprint density at radius 2 is 1.86 bits per heavy atom. The monoisotopic (exact) mass is 349 g/mol. The van der Waals surface area contributed by atoms with Crippen LogP contribution >= 0.6 is 15.9 Å². The molecular formula is C17H20BrNO2. The molecule has 0 aliphatic rings. The minimum atomic E-state index is 0.256. The zero-order valence-corrected chi connectivity index (χ0v) is 13.9. The number of hydrogen-bond acceptors (Lipinski definition) is 3. The fourth-order valence-electron chi connectivity index (χ4n) is 2.03. The van der Waals surface area contributed by atoms with E-state index in [-0.39, 0.29) is 6.04 Å². The Labute approximate surface area is 134 Å². The van der Waals surface area contributed by atoms with Crippen LogP contribution in [-0.4, -0.2) is 20.3 Å². The van der Waals surface area contributed by atoms with Crippen LogP contribution in [0.1, 0.15) is 18.5 Å². The highest BCUT2D eigenvalue weighted by Gasteiger charge is 2.05. The Morgan fingerprint density at radius 1 is 1.10 bits per heavy atom. The first kappa shape index (κ1) is 15.9. The molecule has 1 atom stereocenters. The number of hydrogen-bond donors (Lipinski definition) is 1. The number of rotatable bonds is 7. The van der Waals surface area contributed by atoms with Crippen LogP contribution in [0, 0.1) is 0 Å². The van der Waals surface area contributed by atoms with E-state index in [1.54, 1.807) is 7.11 Å². The lowest BCUT2D eigenvalue weighted by atomic mass is 10.1. The Bertz CT molecular complexity index is 574. The Hall–Kier alpha value is -1.52. The summed E-state index contributed by atoms with van der Waals surface area (Å²) in [4.78, 5) is 0. The molecule has 0 saturated carbocycles. The molecular weight excluding hydrogens is 330 g/mol. The Balaban J connectivity index is 1.77. The van der Waals surface area contributed by atoms with Gasteiger partial charge in [-0.2, -0.15) is 0 Å². The first-order valence-electron chi connectivity index (χ1n) is 6.95. The van der Waals surface area contributed by atoms with Crippen LogP contribution < -0.4 is 14.8 Å². The molecule has 0 aliphatic heterocycles. The van der Waals surface area contributed by atoms with Crippen molar-refractivity contribution in [1.29, 1.82) is 0 Å². The van der Waals surface area contributed by atoms with Gasteiger partial charge in [-0.15, -0.1) is 0 Å². The van der Waals surface area contributed by atoms with Gasteiger partial charge in [0.25, 0.3) is 0 Å². The van der Waals surface area contributed by atoms with Gasteiger partial charge in [0.2, 0.25) is 0 Å². The molecule has 21 heavy (non-hydrogen) atoms. The molecule has 0 bridgehead atoms. The smallest absolute Gasteiger partial charge is 0.120 e. The molecule has 0 spiro atoms. The van der Waals surface area contributed by atoms with Crippen LogP contribution in [0.3, 0.4) is 0 Å². The van der Waals surface area contributed by atoms with Crippen molar-refractivity contribution >= 4 is 15.9 Å². The lowest BCUT2D eigenvalue weighted by molar-refractivity contribution is 0.307. The number of benzene rings is 2.